The van der Waals surface area contributed by atoms with Crippen LogP contribution in [0.4, 0.5) is 0 Å². The van der Waals surface area contributed by atoms with E-state index >= 15 is 0 Å². The van der Waals surface area contributed by atoms with Gasteiger partial charge in [-0.05, 0) is 61.7 Å². The van der Waals surface area contributed by atoms with E-state index in [0.717, 1.165) is 0 Å². The predicted molar refractivity (Wildman–Crippen MR) is 102 cm³/mol. The molecule has 0 saturated heterocycles. The first-order valence-electron chi connectivity index (χ1n) is 6.76. The fourth-order valence-corrected chi connectivity index (χ4v) is 4.02. The number of sulfonamides is 1. The molecular weight excluding hydrogens is 460 g/mol. The van der Waals surface area contributed by atoms with Crippen molar-refractivity contribution in [3.63, 3.8) is 0 Å². The van der Waals surface area contributed by atoms with Crippen molar-refractivity contribution in [1.29, 1.82) is 0 Å². The summed E-state index contributed by atoms with van der Waals surface area (Å²) in [6, 6.07) is 11.6. The van der Waals surface area contributed by atoms with E-state index in [-0.39, 0.29) is 4.90 Å². The third-order valence-corrected chi connectivity index (χ3v) is 5.22. The van der Waals surface area contributed by atoms with Gasteiger partial charge in [-0.25, -0.2) is 4.83 Å². The number of rotatable bonds is 7. The van der Waals surface area contributed by atoms with Crippen LogP contribution in [0.15, 0.2) is 74.1 Å². The Morgan fingerprint density at radius 3 is 2.38 bits per heavy atom. The van der Waals surface area contributed by atoms with Crippen molar-refractivity contribution >= 4 is 48.1 Å². The van der Waals surface area contributed by atoms with E-state index < -0.39 is 10.0 Å². The fraction of sp³-hybridized carbons (Fsp3) is 0.0625. The summed E-state index contributed by atoms with van der Waals surface area (Å²) in [5.41, 5.74) is 0.690. The van der Waals surface area contributed by atoms with Gasteiger partial charge in [0.1, 0.15) is 12.4 Å². The highest BCUT2D eigenvalue weighted by molar-refractivity contribution is 9.11. The predicted octanol–water partition coefficient (Wildman–Crippen LogP) is 4.09. The van der Waals surface area contributed by atoms with Gasteiger partial charge in [-0.1, -0.05) is 30.9 Å². The summed E-state index contributed by atoms with van der Waals surface area (Å²) in [5, 5.41) is 3.80. The van der Waals surface area contributed by atoms with Gasteiger partial charge in [-0.2, -0.15) is 13.5 Å². The van der Waals surface area contributed by atoms with Gasteiger partial charge < -0.3 is 4.74 Å². The van der Waals surface area contributed by atoms with Crippen molar-refractivity contribution in [3.8, 4) is 5.75 Å². The summed E-state index contributed by atoms with van der Waals surface area (Å²) < 4.78 is 31.1. The summed E-state index contributed by atoms with van der Waals surface area (Å²) >= 11 is 6.81. The summed E-state index contributed by atoms with van der Waals surface area (Å²) in [5.74, 6) is 0.636. The molecule has 0 aliphatic carbocycles. The number of hydrogen-bond acceptors (Lipinski definition) is 4. The lowest BCUT2D eigenvalue weighted by atomic mass is 10.2. The summed E-state index contributed by atoms with van der Waals surface area (Å²) in [6.07, 6.45) is 3.06. The van der Waals surface area contributed by atoms with E-state index in [1.54, 1.807) is 36.4 Å². The Bertz CT molecular complexity index is 830. The van der Waals surface area contributed by atoms with Crippen LogP contribution in [-0.2, 0) is 10.0 Å². The second-order valence-corrected chi connectivity index (χ2v) is 7.95. The molecule has 0 unspecified atom stereocenters. The second kappa shape index (κ2) is 8.46. The summed E-state index contributed by atoms with van der Waals surface area (Å²) in [6.45, 7) is 3.98. The van der Waals surface area contributed by atoms with Crippen molar-refractivity contribution in [2.75, 3.05) is 6.61 Å². The number of nitrogens with one attached hydrogen (secondary N) is 1. The van der Waals surface area contributed by atoms with E-state index in [9.17, 15) is 8.42 Å². The number of nitrogens with zero attached hydrogens (tertiary/aromatic N) is 1. The molecule has 0 bridgehead atoms. The van der Waals surface area contributed by atoms with Gasteiger partial charge in [-0.15, -0.1) is 0 Å². The number of ether oxygens (including phenoxy) is 1. The molecule has 8 heteroatoms. The molecule has 0 spiro atoms. The Morgan fingerprint density at radius 2 is 1.79 bits per heavy atom. The normalized spacial score (nSPS) is 11.4. The molecule has 0 amide bonds. The molecule has 0 aromatic heterocycles. The highest BCUT2D eigenvalue weighted by Gasteiger charge is 2.11. The van der Waals surface area contributed by atoms with Gasteiger partial charge in [0, 0.05) is 0 Å². The Labute approximate surface area is 157 Å². The van der Waals surface area contributed by atoms with Crippen molar-refractivity contribution in [1.82, 2.24) is 4.83 Å². The fourth-order valence-electron chi connectivity index (χ4n) is 1.76. The van der Waals surface area contributed by atoms with Gasteiger partial charge in [0.2, 0.25) is 0 Å². The number of halogens is 2. The van der Waals surface area contributed by atoms with E-state index in [0.29, 0.717) is 26.9 Å². The van der Waals surface area contributed by atoms with Crippen molar-refractivity contribution in [3.05, 3.63) is 69.6 Å². The molecule has 0 fully saturated rings. The lowest BCUT2D eigenvalue weighted by molar-refractivity contribution is 0.358. The zero-order valence-corrected chi connectivity index (χ0v) is 16.4. The van der Waals surface area contributed by atoms with Crippen LogP contribution in [0.3, 0.4) is 0 Å². The Balaban J connectivity index is 2.14. The SMILES string of the molecule is C=CCOc1c(Br)cc(C=NNS(=O)(=O)c2ccccc2)cc1Br. The molecule has 0 saturated carbocycles. The van der Waals surface area contributed by atoms with Crippen LogP contribution in [-0.4, -0.2) is 21.2 Å². The lowest BCUT2D eigenvalue weighted by Crippen LogP contribution is -2.18. The minimum atomic E-state index is -3.68. The quantitative estimate of drug-likeness (QED) is 0.374. The topological polar surface area (TPSA) is 67.8 Å². The highest BCUT2D eigenvalue weighted by Crippen LogP contribution is 2.34. The average Bonchev–Trinajstić information content (AvgIpc) is 2.55. The van der Waals surface area contributed by atoms with Gasteiger partial charge in [-0.3, -0.25) is 0 Å². The maximum Gasteiger partial charge on any atom is 0.276 e. The summed E-state index contributed by atoms with van der Waals surface area (Å²) in [4.78, 5) is 2.33. The second-order valence-electron chi connectivity index (χ2n) is 4.58. The molecule has 2 aromatic rings. The van der Waals surface area contributed by atoms with Crippen molar-refractivity contribution in [2.45, 2.75) is 4.90 Å². The van der Waals surface area contributed by atoms with E-state index in [1.165, 1.54) is 18.3 Å². The van der Waals surface area contributed by atoms with Gasteiger partial charge in [0.25, 0.3) is 10.0 Å². The highest BCUT2D eigenvalue weighted by atomic mass is 79.9. The van der Waals surface area contributed by atoms with Crippen LogP contribution in [0.2, 0.25) is 0 Å². The molecule has 5 nitrogen and oxygen atoms in total. The third-order valence-electron chi connectivity index (χ3n) is 2.81. The first kappa shape index (κ1) is 18.7. The van der Waals surface area contributed by atoms with Crippen LogP contribution in [0.25, 0.3) is 0 Å². The molecular formula is C16H14Br2N2O3S. The van der Waals surface area contributed by atoms with E-state index in [4.69, 9.17) is 4.74 Å². The smallest absolute Gasteiger partial charge is 0.276 e. The Hall–Kier alpha value is -1.64. The van der Waals surface area contributed by atoms with Gasteiger partial charge in [0.05, 0.1) is 20.1 Å². The maximum atomic E-state index is 12.1. The largest absolute Gasteiger partial charge is 0.487 e. The Morgan fingerprint density at radius 1 is 1.17 bits per heavy atom. The Kier molecular flexibility index (Phi) is 6.59. The first-order chi connectivity index (χ1) is 11.4. The maximum absolute atomic E-state index is 12.1. The standard InChI is InChI=1S/C16H14Br2N2O3S/c1-2-8-23-16-14(17)9-12(10-15(16)18)11-19-20-24(21,22)13-6-4-3-5-7-13/h2-7,9-11,20H,1,8H2. The zero-order valence-electron chi connectivity index (χ0n) is 12.4. The minimum absolute atomic E-state index is 0.151. The molecule has 0 aliphatic heterocycles. The summed E-state index contributed by atoms with van der Waals surface area (Å²) in [7, 11) is -3.68. The van der Waals surface area contributed by atoms with Gasteiger partial charge >= 0.3 is 0 Å². The van der Waals surface area contributed by atoms with Crippen LogP contribution >= 0.6 is 31.9 Å². The van der Waals surface area contributed by atoms with Crippen LogP contribution < -0.4 is 9.57 Å². The molecule has 126 valence electrons. The first-order valence-corrected chi connectivity index (χ1v) is 9.83. The van der Waals surface area contributed by atoms with E-state index in [1.807, 2.05) is 0 Å². The number of hydrazone groups is 1. The molecule has 24 heavy (non-hydrogen) atoms. The molecule has 0 heterocycles. The zero-order chi connectivity index (χ0) is 17.6. The molecule has 2 rings (SSSR count). The van der Waals surface area contributed by atoms with Crippen molar-refractivity contribution in [2.24, 2.45) is 5.10 Å². The monoisotopic (exact) mass is 472 g/mol. The van der Waals surface area contributed by atoms with E-state index in [2.05, 4.69) is 48.4 Å². The number of hydrogen-bond donors (Lipinski definition) is 1. The number of benzene rings is 2. The molecule has 0 radical (unpaired) electrons. The van der Waals surface area contributed by atoms with Crippen LogP contribution in [0.5, 0.6) is 5.75 Å². The molecule has 1 N–H and O–H groups in total. The lowest BCUT2D eigenvalue weighted by Gasteiger charge is -2.09. The molecule has 0 aliphatic rings. The van der Waals surface area contributed by atoms with Gasteiger partial charge in [0.15, 0.2) is 0 Å². The van der Waals surface area contributed by atoms with Crippen LogP contribution in [0, 0.1) is 0 Å². The molecule has 2 aromatic carbocycles. The molecule has 0 atom stereocenters. The van der Waals surface area contributed by atoms with Crippen LogP contribution in [0.1, 0.15) is 5.56 Å². The third kappa shape index (κ3) is 4.93. The minimum Gasteiger partial charge on any atom is -0.487 e. The average molecular weight is 474 g/mol. The van der Waals surface area contributed by atoms with Crippen molar-refractivity contribution < 1.29 is 13.2 Å².